The lowest BCUT2D eigenvalue weighted by atomic mass is 10.1. The Kier molecular flexibility index (Phi) is 5.89. The Balaban J connectivity index is 1.26. The molecule has 0 N–H and O–H groups in total. The van der Waals surface area contributed by atoms with Gasteiger partial charge in [-0.25, -0.2) is 0 Å². The summed E-state index contributed by atoms with van der Waals surface area (Å²) in [6.45, 7) is 7.16. The Morgan fingerprint density at radius 2 is 0.426 bits per heavy atom. The van der Waals surface area contributed by atoms with Gasteiger partial charge in [-0.2, -0.15) is 0 Å². The second-order valence-corrected chi connectivity index (χ2v) is 29.4. The summed E-state index contributed by atoms with van der Waals surface area (Å²) in [6.07, 6.45) is 0. The molecule has 0 aromatic heterocycles. The third-order valence-corrected chi connectivity index (χ3v) is 30.3. The maximum Gasteiger partial charge on any atom is 0.185 e. The van der Waals surface area contributed by atoms with Gasteiger partial charge in [0, 0.05) is 17.1 Å². The molecule has 284 valence electrons. The van der Waals surface area contributed by atoms with Crippen LogP contribution in [-0.2, 0) is 0 Å². The summed E-state index contributed by atoms with van der Waals surface area (Å²) in [6, 6.07) is 73.2. The molecule has 4 heteroatoms. The first-order valence-electron chi connectivity index (χ1n) is 21.8. The Hall–Kier alpha value is -6.57. The fourth-order valence-corrected chi connectivity index (χ4v) is 31.7. The van der Waals surface area contributed by atoms with Gasteiger partial charge in [0.2, 0.25) is 0 Å². The van der Waals surface area contributed by atoms with Crippen LogP contribution < -0.4 is 67.1 Å². The summed E-state index contributed by atoms with van der Waals surface area (Å²) in [5, 5.41) is 18.7. The molecule has 6 aliphatic rings. The molecular formula is C57H39NSi3. The van der Waals surface area contributed by atoms with Crippen molar-refractivity contribution in [3.8, 4) is 33.4 Å². The summed E-state index contributed by atoms with van der Waals surface area (Å²) in [5.41, 5.74) is 17.1. The molecule has 0 saturated carbocycles. The van der Waals surface area contributed by atoms with Crippen molar-refractivity contribution in [1.82, 2.24) is 0 Å². The lowest BCUT2D eigenvalue weighted by Gasteiger charge is -2.56. The molecule has 6 heterocycles. The van der Waals surface area contributed by atoms with Gasteiger partial charge in [0.15, 0.2) is 24.2 Å². The van der Waals surface area contributed by atoms with Crippen molar-refractivity contribution in [2.45, 2.75) is 20.8 Å². The van der Waals surface area contributed by atoms with Crippen molar-refractivity contribution in [2.75, 3.05) is 4.90 Å². The molecule has 9 aromatic rings. The maximum absolute atomic E-state index is 2.95. The number of benzene rings is 9. The molecule has 15 rings (SSSR count). The molecule has 3 spiro atoms. The number of nitrogens with zero attached hydrogens (tertiary/aromatic N) is 1. The molecular weight excluding hydrogens is 783 g/mol. The van der Waals surface area contributed by atoms with Crippen LogP contribution in [0, 0.1) is 20.8 Å². The van der Waals surface area contributed by atoms with E-state index in [-0.39, 0.29) is 0 Å². The molecule has 6 aliphatic heterocycles. The van der Waals surface area contributed by atoms with Crippen LogP contribution in [0.25, 0.3) is 33.4 Å². The van der Waals surface area contributed by atoms with Gasteiger partial charge < -0.3 is 4.90 Å². The monoisotopic (exact) mass is 821 g/mol. The lowest BCUT2D eigenvalue weighted by molar-refractivity contribution is 1.28. The first kappa shape index (κ1) is 33.2. The van der Waals surface area contributed by atoms with Gasteiger partial charge >= 0.3 is 0 Å². The predicted molar refractivity (Wildman–Crippen MR) is 264 cm³/mol. The Bertz CT molecular complexity index is 2970. The smallest absolute Gasteiger partial charge is 0.185 e. The van der Waals surface area contributed by atoms with Gasteiger partial charge in [-0.1, -0.05) is 199 Å². The third kappa shape index (κ3) is 3.42. The molecule has 1 nitrogen and oxygen atoms in total. The van der Waals surface area contributed by atoms with E-state index in [0.717, 1.165) is 0 Å². The maximum atomic E-state index is 2.89. The molecule has 0 aliphatic carbocycles. The van der Waals surface area contributed by atoms with Crippen LogP contribution in [0.1, 0.15) is 16.7 Å². The van der Waals surface area contributed by atoms with E-state index in [1.165, 1.54) is 67.1 Å². The zero-order chi connectivity index (χ0) is 40.1. The van der Waals surface area contributed by atoms with E-state index in [1.54, 1.807) is 62.2 Å². The van der Waals surface area contributed by atoms with E-state index in [9.17, 15) is 0 Å². The first-order chi connectivity index (χ1) is 30.0. The Morgan fingerprint density at radius 3 is 0.623 bits per heavy atom. The third-order valence-electron chi connectivity index (χ3n) is 15.7. The minimum absolute atomic E-state index is 1.37. The van der Waals surface area contributed by atoms with Gasteiger partial charge in [0.05, 0.1) is 0 Å². The number of rotatable bonds is 0. The fraction of sp³-hybridized carbons (Fsp3) is 0.0526. The molecule has 0 unspecified atom stereocenters. The van der Waals surface area contributed by atoms with Crippen molar-refractivity contribution in [1.29, 1.82) is 0 Å². The van der Waals surface area contributed by atoms with Crippen molar-refractivity contribution in [3.05, 3.63) is 199 Å². The highest BCUT2D eigenvalue weighted by atomic mass is 28.3. The zero-order valence-electron chi connectivity index (χ0n) is 34.3. The van der Waals surface area contributed by atoms with Gasteiger partial charge in [-0.05, 0) is 116 Å². The van der Waals surface area contributed by atoms with Gasteiger partial charge in [-0.15, -0.1) is 0 Å². The number of hydrogen-bond donors (Lipinski definition) is 0. The molecule has 0 atom stereocenters. The van der Waals surface area contributed by atoms with Crippen molar-refractivity contribution >= 4 is 104 Å². The van der Waals surface area contributed by atoms with E-state index in [1.807, 2.05) is 0 Å². The van der Waals surface area contributed by atoms with Gasteiger partial charge in [0.1, 0.15) is 0 Å². The molecule has 0 fully saturated rings. The molecule has 0 bridgehead atoms. The van der Waals surface area contributed by atoms with Crippen molar-refractivity contribution < 1.29 is 0 Å². The Labute approximate surface area is 359 Å². The Morgan fingerprint density at radius 1 is 0.246 bits per heavy atom. The van der Waals surface area contributed by atoms with E-state index < -0.39 is 24.2 Å². The summed E-state index contributed by atoms with van der Waals surface area (Å²) >= 11 is 0. The average Bonchev–Trinajstić information content (AvgIpc) is 3.87. The SMILES string of the molecule is Cc1cc2c3c(c1)[Si]1(c4ccccc4-c4ccccc41)c1cc(C)cc4c1N3c1c(cc(C)cc1[Si]41c3ccccc3-c3ccccc31)[Si]21c2ccccc2-c2ccccc21. The fourth-order valence-electron chi connectivity index (χ4n) is 14.0. The topological polar surface area (TPSA) is 3.24 Å². The van der Waals surface area contributed by atoms with Crippen LogP contribution in [-0.4, -0.2) is 24.2 Å². The standard InChI is InChI=1S/C57H39NSi3/c1-34-28-49-55-50(29-34)60(45-24-12-6-18-39(45)40-19-7-13-25-46(40)60)52-31-36(3)33-54-57(52)58(55)56-51(59(49)43-22-10-4-16-37(43)38-17-5-11-23-44(38)59)30-35(2)32-53(56)61(54)47-26-14-8-20-41(47)42-21-9-15-27-48(42)61/h4-33H,1-3H3. The van der Waals surface area contributed by atoms with Gasteiger partial charge in [0.25, 0.3) is 0 Å². The second kappa shape index (κ2) is 10.8. The lowest BCUT2D eigenvalue weighted by Crippen LogP contribution is -2.86. The van der Waals surface area contributed by atoms with Crippen LogP contribution in [0.15, 0.2) is 182 Å². The second-order valence-electron chi connectivity index (χ2n) is 18.5. The molecule has 0 amide bonds. The van der Waals surface area contributed by atoms with Crippen LogP contribution in [0.5, 0.6) is 0 Å². The molecule has 9 aromatic carbocycles. The average molecular weight is 822 g/mol. The van der Waals surface area contributed by atoms with E-state index >= 15 is 0 Å². The largest absolute Gasteiger partial charge is 0.311 e. The summed E-state index contributed by atoms with van der Waals surface area (Å²) in [4.78, 5) is 2.89. The van der Waals surface area contributed by atoms with E-state index in [0.29, 0.717) is 0 Å². The number of aryl methyl sites for hydroxylation is 3. The van der Waals surface area contributed by atoms with Crippen molar-refractivity contribution in [3.63, 3.8) is 0 Å². The first-order valence-corrected chi connectivity index (χ1v) is 27.8. The van der Waals surface area contributed by atoms with Crippen LogP contribution in [0.3, 0.4) is 0 Å². The van der Waals surface area contributed by atoms with Crippen LogP contribution in [0.2, 0.25) is 0 Å². The molecule has 0 radical (unpaired) electrons. The highest BCUT2D eigenvalue weighted by molar-refractivity contribution is 7.29. The predicted octanol–water partition coefficient (Wildman–Crippen LogP) is 5.10. The van der Waals surface area contributed by atoms with E-state index in [2.05, 4.69) is 208 Å². The zero-order valence-corrected chi connectivity index (χ0v) is 37.3. The highest BCUT2D eigenvalue weighted by Gasteiger charge is 2.65. The van der Waals surface area contributed by atoms with Crippen LogP contribution >= 0.6 is 0 Å². The normalized spacial score (nSPS) is 16.5. The molecule has 0 saturated heterocycles. The van der Waals surface area contributed by atoms with Gasteiger partial charge in [-0.3, -0.25) is 0 Å². The number of anilines is 3. The summed E-state index contributed by atoms with van der Waals surface area (Å²) in [5.74, 6) is 0. The quantitative estimate of drug-likeness (QED) is 0.193. The number of hydrogen-bond acceptors (Lipinski definition) is 1. The summed E-state index contributed by atoms with van der Waals surface area (Å²) in [7, 11) is -8.86. The van der Waals surface area contributed by atoms with Crippen molar-refractivity contribution in [2.24, 2.45) is 0 Å². The van der Waals surface area contributed by atoms with Crippen LogP contribution in [0.4, 0.5) is 17.1 Å². The highest BCUT2D eigenvalue weighted by Crippen LogP contribution is 2.48. The minimum atomic E-state index is -2.95. The minimum Gasteiger partial charge on any atom is -0.311 e. The summed E-state index contributed by atoms with van der Waals surface area (Å²) < 4.78 is 0. The van der Waals surface area contributed by atoms with E-state index in [4.69, 9.17) is 0 Å². The number of fused-ring (bicyclic) bond motifs is 21. The molecule has 61 heavy (non-hydrogen) atoms.